The topological polar surface area (TPSA) is 65.5 Å². The molecule has 1 fully saturated rings. The molecular formula is C15H31IN4O. The minimum Gasteiger partial charge on any atom is -0.357 e. The van der Waals surface area contributed by atoms with E-state index in [1.807, 2.05) is 13.8 Å². The largest absolute Gasteiger partial charge is 0.357 e. The zero-order chi connectivity index (χ0) is 14.6. The van der Waals surface area contributed by atoms with Crippen LogP contribution in [0.1, 0.15) is 52.4 Å². The number of carbonyl (C=O) groups is 1. The Hall–Kier alpha value is -0.530. The predicted octanol–water partition coefficient (Wildman–Crippen LogP) is 2.27. The first kappa shape index (κ1) is 20.5. The zero-order valence-electron chi connectivity index (χ0n) is 13.4. The molecule has 124 valence electrons. The van der Waals surface area contributed by atoms with Crippen molar-refractivity contribution >= 4 is 35.8 Å². The minimum absolute atomic E-state index is 0. The highest BCUT2D eigenvalue weighted by molar-refractivity contribution is 14.0. The lowest BCUT2D eigenvalue weighted by Crippen LogP contribution is -2.38. The highest BCUT2D eigenvalue weighted by Gasteiger charge is 2.16. The van der Waals surface area contributed by atoms with E-state index in [1.165, 1.54) is 32.1 Å². The summed E-state index contributed by atoms with van der Waals surface area (Å²) in [6.45, 7) is 7.01. The summed E-state index contributed by atoms with van der Waals surface area (Å²) in [5.41, 5.74) is 0. The van der Waals surface area contributed by atoms with Crippen LogP contribution in [-0.4, -0.2) is 38.0 Å². The van der Waals surface area contributed by atoms with E-state index in [-0.39, 0.29) is 29.9 Å². The fraction of sp³-hybridized carbons (Fsp3) is 0.867. The number of halogens is 1. The Morgan fingerprint density at radius 3 is 2.24 bits per heavy atom. The van der Waals surface area contributed by atoms with Crippen molar-refractivity contribution in [2.45, 2.75) is 52.4 Å². The van der Waals surface area contributed by atoms with Gasteiger partial charge in [0.2, 0.25) is 5.91 Å². The molecule has 0 bridgehead atoms. The van der Waals surface area contributed by atoms with Gasteiger partial charge in [0.15, 0.2) is 5.96 Å². The predicted molar refractivity (Wildman–Crippen MR) is 99.3 cm³/mol. The smallest absolute Gasteiger partial charge is 0.220 e. The summed E-state index contributed by atoms with van der Waals surface area (Å²) in [4.78, 5) is 16.2. The van der Waals surface area contributed by atoms with Gasteiger partial charge in [0.25, 0.3) is 0 Å². The molecule has 1 rings (SSSR count). The Bertz CT molecular complexity index is 296. The summed E-state index contributed by atoms with van der Waals surface area (Å²) >= 11 is 0. The monoisotopic (exact) mass is 410 g/mol. The molecule has 6 heteroatoms. The molecule has 1 aliphatic carbocycles. The van der Waals surface area contributed by atoms with E-state index in [0.717, 1.165) is 19.0 Å². The number of amides is 1. The van der Waals surface area contributed by atoms with Crippen molar-refractivity contribution in [2.75, 3.05) is 26.2 Å². The second-order valence-corrected chi connectivity index (χ2v) is 5.35. The van der Waals surface area contributed by atoms with E-state index in [0.29, 0.717) is 25.4 Å². The van der Waals surface area contributed by atoms with Crippen LogP contribution in [0.2, 0.25) is 0 Å². The molecule has 0 aromatic rings. The van der Waals surface area contributed by atoms with Crippen molar-refractivity contribution in [2.24, 2.45) is 10.9 Å². The summed E-state index contributed by atoms with van der Waals surface area (Å²) in [5, 5.41) is 9.30. The number of nitrogens with one attached hydrogen (secondary N) is 3. The summed E-state index contributed by atoms with van der Waals surface area (Å²) in [6.07, 6.45) is 7.04. The number of hydrogen-bond donors (Lipinski definition) is 3. The van der Waals surface area contributed by atoms with Gasteiger partial charge in [-0.15, -0.1) is 24.0 Å². The van der Waals surface area contributed by atoms with E-state index in [2.05, 4.69) is 20.9 Å². The van der Waals surface area contributed by atoms with Crippen LogP contribution in [0, 0.1) is 5.92 Å². The van der Waals surface area contributed by atoms with E-state index in [4.69, 9.17) is 0 Å². The summed E-state index contributed by atoms with van der Waals surface area (Å²) in [5.74, 6) is 1.60. The normalized spacial score (nSPS) is 14.8. The summed E-state index contributed by atoms with van der Waals surface area (Å²) < 4.78 is 0. The molecule has 1 saturated carbocycles. The number of carbonyl (C=O) groups excluding carboxylic acids is 1. The second kappa shape index (κ2) is 13.2. The molecule has 1 aliphatic rings. The van der Waals surface area contributed by atoms with Crippen molar-refractivity contribution in [1.82, 2.24) is 16.0 Å². The summed E-state index contributed by atoms with van der Waals surface area (Å²) in [7, 11) is 0. The van der Waals surface area contributed by atoms with Crippen molar-refractivity contribution in [1.29, 1.82) is 0 Å². The van der Waals surface area contributed by atoms with Gasteiger partial charge < -0.3 is 16.0 Å². The first-order valence-corrected chi connectivity index (χ1v) is 8.05. The number of guanidine groups is 1. The lowest BCUT2D eigenvalue weighted by atomic mass is 9.87. The molecule has 3 N–H and O–H groups in total. The number of aliphatic imine (C=N–C) groups is 1. The molecular weight excluding hydrogens is 379 g/mol. The highest BCUT2D eigenvalue weighted by Crippen LogP contribution is 2.25. The lowest BCUT2D eigenvalue weighted by Gasteiger charge is -2.20. The maximum absolute atomic E-state index is 11.8. The average molecular weight is 410 g/mol. The maximum atomic E-state index is 11.8. The van der Waals surface area contributed by atoms with E-state index in [9.17, 15) is 4.79 Å². The molecule has 0 atom stereocenters. The van der Waals surface area contributed by atoms with Gasteiger partial charge in [-0.1, -0.05) is 19.3 Å². The Morgan fingerprint density at radius 1 is 1.05 bits per heavy atom. The maximum Gasteiger partial charge on any atom is 0.220 e. The Morgan fingerprint density at radius 2 is 1.67 bits per heavy atom. The molecule has 0 radical (unpaired) electrons. The van der Waals surface area contributed by atoms with Crippen molar-refractivity contribution in [3.05, 3.63) is 0 Å². The van der Waals surface area contributed by atoms with E-state index >= 15 is 0 Å². The number of nitrogens with zero attached hydrogens (tertiary/aromatic N) is 1. The van der Waals surface area contributed by atoms with Crippen LogP contribution in [0.15, 0.2) is 4.99 Å². The van der Waals surface area contributed by atoms with Gasteiger partial charge >= 0.3 is 0 Å². The molecule has 0 aromatic heterocycles. The van der Waals surface area contributed by atoms with Crippen LogP contribution in [0.4, 0.5) is 0 Å². The van der Waals surface area contributed by atoms with Crippen molar-refractivity contribution in [3.63, 3.8) is 0 Å². The average Bonchev–Trinajstić information content (AvgIpc) is 2.45. The first-order valence-electron chi connectivity index (χ1n) is 8.05. The van der Waals surface area contributed by atoms with Gasteiger partial charge in [-0.25, -0.2) is 0 Å². The second-order valence-electron chi connectivity index (χ2n) is 5.35. The van der Waals surface area contributed by atoms with Crippen molar-refractivity contribution < 1.29 is 4.79 Å². The number of rotatable bonds is 7. The lowest BCUT2D eigenvalue weighted by molar-refractivity contribution is -0.122. The summed E-state index contributed by atoms with van der Waals surface area (Å²) in [6, 6.07) is 0. The van der Waals surface area contributed by atoms with Gasteiger partial charge in [0.05, 0.1) is 6.54 Å². The van der Waals surface area contributed by atoms with Gasteiger partial charge in [0.1, 0.15) is 0 Å². The third kappa shape index (κ3) is 9.92. The third-order valence-electron chi connectivity index (χ3n) is 3.59. The first-order chi connectivity index (χ1) is 9.76. The van der Waals surface area contributed by atoms with Gasteiger partial charge in [0, 0.05) is 26.1 Å². The molecule has 0 unspecified atom stereocenters. The Balaban J connectivity index is 0.00000400. The van der Waals surface area contributed by atoms with E-state index in [1.54, 1.807) is 0 Å². The fourth-order valence-corrected chi connectivity index (χ4v) is 2.60. The zero-order valence-corrected chi connectivity index (χ0v) is 15.7. The fourth-order valence-electron chi connectivity index (χ4n) is 2.60. The van der Waals surface area contributed by atoms with Crippen LogP contribution >= 0.6 is 24.0 Å². The molecule has 21 heavy (non-hydrogen) atoms. The Labute approximate surface area is 146 Å². The quantitative estimate of drug-likeness (QED) is 0.261. The molecule has 0 spiro atoms. The molecule has 0 heterocycles. The van der Waals surface area contributed by atoms with Crippen LogP contribution in [-0.2, 0) is 4.79 Å². The third-order valence-corrected chi connectivity index (χ3v) is 3.59. The van der Waals surface area contributed by atoms with Crippen LogP contribution in [0.25, 0.3) is 0 Å². The van der Waals surface area contributed by atoms with Crippen molar-refractivity contribution in [3.8, 4) is 0 Å². The van der Waals surface area contributed by atoms with Crippen LogP contribution < -0.4 is 16.0 Å². The molecule has 0 aromatic carbocycles. The minimum atomic E-state index is 0. The molecule has 0 aliphatic heterocycles. The Kier molecular flexibility index (Phi) is 12.8. The van der Waals surface area contributed by atoms with Gasteiger partial charge in [-0.2, -0.15) is 0 Å². The molecule has 5 nitrogen and oxygen atoms in total. The van der Waals surface area contributed by atoms with Gasteiger partial charge in [-0.05, 0) is 32.6 Å². The molecule has 0 saturated heterocycles. The van der Waals surface area contributed by atoms with Gasteiger partial charge in [-0.3, -0.25) is 9.79 Å². The molecule has 1 amide bonds. The van der Waals surface area contributed by atoms with Crippen LogP contribution in [0.5, 0.6) is 0 Å². The number of hydrogen-bond acceptors (Lipinski definition) is 2. The van der Waals surface area contributed by atoms with Crippen LogP contribution in [0.3, 0.4) is 0 Å². The standard InChI is InChI=1S/C15H30N4O.HI/c1-3-16-15(17-4-2)19-11-10-18-14(20)12-13-8-6-5-7-9-13;/h13H,3-12H2,1-2H3,(H,18,20)(H2,16,17,19);1H. The SMILES string of the molecule is CCNC(=NCCNC(=O)CC1CCCCC1)NCC.I. The highest BCUT2D eigenvalue weighted by atomic mass is 127. The van der Waals surface area contributed by atoms with E-state index < -0.39 is 0 Å².